The van der Waals surface area contributed by atoms with Crippen LogP contribution < -0.4 is 0 Å². The number of rotatable bonds is 5. The van der Waals surface area contributed by atoms with Gasteiger partial charge in [-0.1, -0.05) is 12.1 Å². The molecule has 7 heteroatoms. The molecule has 126 valence electrons. The molecular weight excluding hydrogens is 318 g/mol. The highest BCUT2D eigenvalue weighted by Gasteiger charge is 2.34. The summed E-state index contributed by atoms with van der Waals surface area (Å²) in [5.74, 6) is -0.982. The quantitative estimate of drug-likeness (QED) is 0.604. The van der Waals surface area contributed by atoms with Crippen LogP contribution in [0.15, 0.2) is 29.2 Å². The van der Waals surface area contributed by atoms with Gasteiger partial charge in [0.2, 0.25) is 10.0 Å². The summed E-state index contributed by atoms with van der Waals surface area (Å²) in [5.41, 5.74) is 0.352. The number of piperidine rings is 1. The van der Waals surface area contributed by atoms with Gasteiger partial charge in [-0.05, 0) is 38.8 Å². The highest BCUT2D eigenvalue weighted by molar-refractivity contribution is 7.89. The topological polar surface area (TPSA) is 80.8 Å². The first-order valence-electron chi connectivity index (χ1n) is 7.64. The molecule has 1 aliphatic heterocycles. The van der Waals surface area contributed by atoms with Gasteiger partial charge in [-0.3, -0.25) is 9.59 Å². The maximum atomic E-state index is 12.8. The summed E-state index contributed by atoms with van der Waals surface area (Å²) in [4.78, 5) is 23.4. The van der Waals surface area contributed by atoms with Crippen molar-refractivity contribution in [1.29, 1.82) is 0 Å². The van der Waals surface area contributed by atoms with Gasteiger partial charge in [0.15, 0.2) is 5.78 Å². The number of carbonyl (C=O) groups excluding carboxylic acids is 2. The molecule has 0 unspecified atom stereocenters. The van der Waals surface area contributed by atoms with Crippen LogP contribution in [0.5, 0.6) is 0 Å². The van der Waals surface area contributed by atoms with Crippen molar-refractivity contribution in [2.75, 3.05) is 19.7 Å². The number of hydrogen-bond donors (Lipinski definition) is 0. The summed E-state index contributed by atoms with van der Waals surface area (Å²) < 4.78 is 31.8. The molecular formula is C16H21NO5S. The number of sulfonamides is 1. The Bertz CT molecular complexity index is 698. The van der Waals surface area contributed by atoms with Gasteiger partial charge in [-0.2, -0.15) is 4.31 Å². The molecule has 6 nitrogen and oxygen atoms in total. The van der Waals surface area contributed by atoms with E-state index in [4.69, 9.17) is 4.74 Å². The number of ketones is 1. The van der Waals surface area contributed by atoms with Crippen LogP contribution in [0.2, 0.25) is 0 Å². The van der Waals surface area contributed by atoms with Crippen LogP contribution in [0.1, 0.15) is 37.0 Å². The smallest absolute Gasteiger partial charge is 0.310 e. The summed E-state index contributed by atoms with van der Waals surface area (Å²) in [7, 11) is -3.73. The Morgan fingerprint density at radius 3 is 2.74 bits per heavy atom. The predicted molar refractivity (Wildman–Crippen MR) is 84.6 cm³/mol. The van der Waals surface area contributed by atoms with Crippen molar-refractivity contribution in [3.63, 3.8) is 0 Å². The van der Waals surface area contributed by atoms with Crippen molar-refractivity contribution in [2.45, 2.75) is 31.6 Å². The lowest BCUT2D eigenvalue weighted by Gasteiger charge is -2.30. The zero-order valence-corrected chi connectivity index (χ0v) is 14.1. The zero-order chi connectivity index (χ0) is 17.0. The molecule has 1 fully saturated rings. The maximum Gasteiger partial charge on any atom is 0.310 e. The van der Waals surface area contributed by atoms with E-state index >= 15 is 0 Å². The summed E-state index contributed by atoms with van der Waals surface area (Å²) in [6, 6.07) is 5.98. The van der Waals surface area contributed by atoms with Crippen LogP contribution in [0, 0.1) is 5.92 Å². The normalized spacial score (nSPS) is 19.3. The van der Waals surface area contributed by atoms with E-state index in [9.17, 15) is 18.0 Å². The third kappa shape index (κ3) is 3.97. The first-order valence-corrected chi connectivity index (χ1v) is 9.08. The predicted octanol–water partition coefficient (Wildman–Crippen LogP) is 1.85. The Morgan fingerprint density at radius 1 is 1.35 bits per heavy atom. The van der Waals surface area contributed by atoms with Crippen molar-refractivity contribution in [1.82, 2.24) is 4.31 Å². The van der Waals surface area contributed by atoms with Crippen LogP contribution in [-0.4, -0.2) is 44.2 Å². The molecule has 0 aromatic heterocycles. The molecule has 1 saturated heterocycles. The van der Waals surface area contributed by atoms with E-state index in [0.717, 1.165) is 0 Å². The second-order valence-electron chi connectivity index (χ2n) is 5.54. The molecule has 2 rings (SSSR count). The molecule has 1 aromatic carbocycles. The molecule has 0 amide bonds. The van der Waals surface area contributed by atoms with Gasteiger partial charge in [0.25, 0.3) is 0 Å². The van der Waals surface area contributed by atoms with Crippen LogP contribution >= 0.6 is 0 Å². The second kappa shape index (κ2) is 7.23. The van der Waals surface area contributed by atoms with E-state index in [0.29, 0.717) is 24.9 Å². The molecule has 0 spiro atoms. The Kier molecular flexibility index (Phi) is 5.54. The third-order valence-corrected chi connectivity index (χ3v) is 5.74. The van der Waals surface area contributed by atoms with Crippen molar-refractivity contribution in [3.05, 3.63) is 29.8 Å². The van der Waals surface area contributed by atoms with Crippen molar-refractivity contribution >= 4 is 21.8 Å². The van der Waals surface area contributed by atoms with Crippen LogP contribution in [0.3, 0.4) is 0 Å². The van der Waals surface area contributed by atoms with Gasteiger partial charge >= 0.3 is 5.97 Å². The van der Waals surface area contributed by atoms with Gasteiger partial charge in [-0.15, -0.1) is 0 Å². The SMILES string of the molecule is CCOC(=O)[C@H]1CCCN(S(=O)(=O)c2cccc(C(C)=O)c2)C1. The molecule has 0 bridgehead atoms. The number of benzene rings is 1. The van der Waals surface area contributed by atoms with E-state index in [-0.39, 0.29) is 29.8 Å². The lowest BCUT2D eigenvalue weighted by molar-refractivity contribution is -0.149. The number of hydrogen-bond acceptors (Lipinski definition) is 5. The molecule has 1 aliphatic rings. The molecule has 0 aliphatic carbocycles. The number of nitrogens with zero attached hydrogens (tertiary/aromatic N) is 1. The van der Waals surface area contributed by atoms with Crippen molar-refractivity contribution in [3.8, 4) is 0 Å². The number of Topliss-reactive ketones (excluding diaryl/α,β-unsaturated/α-hetero) is 1. The Hall–Kier alpha value is -1.73. The fourth-order valence-corrected chi connectivity index (χ4v) is 4.21. The minimum atomic E-state index is -3.73. The molecule has 23 heavy (non-hydrogen) atoms. The number of esters is 1. The summed E-state index contributed by atoms with van der Waals surface area (Å²) in [6.45, 7) is 3.88. The molecule has 0 radical (unpaired) electrons. The second-order valence-corrected chi connectivity index (χ2v) is 7.48. The molecule has 1 aromatic rings. The lowest BCUT2D eigenvalue weighted by atomic mass is 10.0. The summed E-state index contributed by atoms with van der Waals surface area (Å²) in [5, 5.41) is 0. The highest BCUT2D eigenvalue weighted by Crippen LogP contribution is 2.25. The standard InChI is InChI=1S/C16H21NO5S/c1-3-22-16(19)14-7-5-9-17(11-14)23(20,21)15-8-4-6-13(10-15)12(2)18/h4,6,8,10,14H,3,5,7,9,11H2,1-2H3/t14-/m0/s1. The number of carbonyl (C=O) groups is 2. The fraction of sp³-hybridized carbons (Fsp3) is 0.500. The van der Waals surface area contributed by atoms with Crippen LogP contribution in [0.25, 0.3) is 0 Å². The monoisotopic (exact) mass is 339 g/mol. The van der Waals surface area contributed by atoms with Gasteiger partial charge in [-0.25, -0.2) is 8.42 Å². The van der Waals surface area contributed by atoms with Gasteiger partial charge in [0, 0.05) is 18.7 Å². The Labute approximate surface area is 136 Å². The van der Waals surface area contributed by atoms with Crippen molar-refractivity contribution < 1.29 is 22.7 Å². The largest absolute Gasteiger partial charge is 0.466 e. The van der Waals surface area contributed by atoms with E-state index in [2.05, 4.69) is 0 Å². The molecule has 0 N–H and O–H groups in total. The summed E-state index contributed by atoms with van der Waals surface area (Å²) >= 11 is 0. The first-order chi connectivity index (χ1) is 10.9. The first kappa shape index (κ1) is 17.6. The van der Waals surface area contributed by atoms with E-state index in [1.807, 2.05) is 0 Å². The van der Waals surface area contributed by atoms with Crippen molar-refractivity contribution in [2.24, 2.45) is 5.92 Å². The fourth-order valence-electron chi connectivity index (χ4n) is 2.64. The highest BCUT2D eigenvalue weighted by atomic mass is 32.2. The third-order valence-electron chi connectivity index (χ3n) is 3.88. The maximum absolute atomic E-state index is 12.8. The van der Waals surface area contributed by atoms with Gasteiger partial charge in [0.1, 0.15) is 0 Å². The van der Waals surface area contributed by atoms with E-state index < -0.39 is 15.9 Å². The van der Waals surface area contributed by atoms with Crippen LogP contribution in [-0.2, 0) is 19.6 Å². The Morgan fingerprint density at radius 2 is 2.09 bits per heavy atom. The zero-order valence-electron chi connectivity index (χ0n) is 13.3. The lowest BCUT2D eigenvalue weighted by Crippen LogP contribution is -2.42. The average molecular weight is 339 g/mol. The summed E-state index contributed by atoms with van der Waals surface area (Å²) in [6.07, 6.45) is 1.23. The average Bonchev–Trinajstić information content (AvgIpc) is 2.55. The van der Waals surface area contributed by atoms with Gasteiger partial charge < -0.3 is 4.74 Å². The molecule has 1 heterocycles. The van der Waals surface area contributed by atoms with Crippen LogP contribution in [0.4, 0.5) is 0 Å². The number of ether oxygens (including phenoxy) is 1. The molecule has 1 atom stereocenters. The minimum Gasteiger partial charge on any atom is -0.466 e. The van der Waals surface area contributed by atoms with Gasteiger partial charge in [0.05, 0.1) is 17.4 Å². The minimum absolute atomic E-state index is 0.0784. The molecule has 0 saturated carbocycles. The van der Waals surface area contributed by atoms with E-state index in [1.54, 1.807) is 19.1 Å². The van der Waals surface area contributed by atoms with E-state index in [1.165, 1.54) is 23.4 Å². The Balaban J connectivity index is 2.23.